The first-order chi connectivity index (χ1) is 13.7. The first kappa shape index (κ1) is 21.8. The Hall–Kier alpha value is -1.89. The summed E-state index contributed by atoms with van der Waals surface area (Å²) in [4.78, 5) is 12.9. The molecule has 5 nitrogen and oxygen atoms in total. The zero-order valence-corrected chi connectivity index (χ0v) is 18.6. The van der Waals surface area contributed by atoms with Crippen LogP contribution in [0.15, 0.2) is 47.4 Å². The number of hydrogen-bond donors (Lipinski definition) is 1. The summed E-state index contributed by atoms with van der Waals surface area (Å²) in [5.41, 5.74) is 2.75. The van der Waals surface area contributed by atoms with E-state index in [4.69, 9.17) is 11.6 Å². The van der Waals surface area contributed by atoms with Gasteiger partial charge in [0.15, 0.2) is 0 Å². The first-order valence-corrected chi connectivity index (χ1v) is 11.7. The van der Waals surface area contributed by atoms with Crippen molar-refractivity contribution < 1.29 is 13.2 Å². The average Bonchev–Trinajstić information content (AvgIpc) is 2.70. The van der Waals surface area contributed by atoms with Gasteiger partial charge in [-0.25, -0.2) is 8.42 Å². The van der Waals surface area contributed by atoms with Crippen molar-refractivity contribution >= 4 is 33.2 Å². The second kappa shape index (κ2) is 8.86. The number of carbonyl (C=O) groups excluding carboxylic acids is 1. The molecule has 156 valence electrons. The number of carbonyl (C=O) groups is 1. The molecule has 29 heavy (non-hydrogen) atoms. The molecule has 0 bridgehead atoms. The smallest absolute Gasteiger partial charge is 0.243 e. The average molecular weight is 435 g/mol. The molecule has 2 aromatic rings. The van der Waals surface area contributed by atoms with Crippen LogP contribution in [0.2, 0.25) is 5.02 Å². The van der Waals surface area contributed by atoms with Gasteiger partial charge in [-0.3, -0.25) is 4.79 Å². The number of halogens is 1. The van der Waals surface area contributed by atoms with Gasteiger partial charge in [0.2, 0.25) is 15.9 Å². The molecule has 0 saturated carbocycles. The molecule has 1 heterocycles. The van der Waals surface area contributed by atoms with E-state index in [0.29, 0.717) is 30.3 Å². The molecule has 1 unspecified atom stereocenters. The number of anilines is 1. The predicted molar refractivity (Wildman–Crippen MR) is 117 cm³/mol. The normalized spacial score (nSPS) is 18.0. The molecule has 1 aliphatic heterocycles. The minimum Gasteiger partial charge on any atom is -0.326 e. The zero-order chi connectivity index (χ0) is 21.2. The lowest BCUT2D eigenvalue weighted by atomic mass is 9.98. The molecule has 1 saturated heterocycles. The van der Waals surface area contributed by atoms with Crippen LogP contribution >= 0.6 is 11.6 Å². The number of benzene rings is 2. The molecule has 1 atom stereocenters. The van der Waals surface area contributed by atoms with Crippen LogP contribution in [0.1, 0.15) is 43.7 Å². The van der Waals surface area contributed by atoms with Crippen LogP contribution in [-0.4, -0.2) is 31.7 Å². The molecule has 2 aromatic carbocycles. The van der Waals surface area contributed by atoms with Crippen molar-refractivity contribution in [2.45, 2.75) is 44.4 Å². The molecule has 1 aliphatic rings. The Balaban J connectivity index is 1.70. The van der Waals surface area contributed by atoms with Gasteiger partial charge in [0.1, 0.15) is 0 Å². The number of piperidine rings is 1. The third kappa shape index (κ3) is 5.00. The molecule has 0 radical (unpaired) electrons. The molecular weight excluding hydrogens is 408 g/mol. The molecule has 3 rings (SSSR count). The van der Waals surface area contributed by atoms with E-state index in [0.717, 1.165) is 11.3 Å². The van der Waals surface area contributed by atoms with Crippen LogP contribution in [0.4, 0.5) is 5.69 Å². The summed E-state index contributed by atoms with van der Waals surface area (Å²) in [7, 11) is -3.69. The van der Waals surface area contributed by atoms with Gasteiger partial charge in [-0.15, -0.1) is 0 Å². The number of hydrogen-bond acceptors (Lipinski definition) is 3. The summed E-state index contributed by atoms with van der Waals surface area (Å²) >= 11 is 6.11. The van der Waals surface area contributed by atoms with Gasteiger partial charge in [0, 0.05) is 23.8 Å². The van der Waals surface area contributed by atoms with Gasteiger partial charge in [-0.2, -0.15) is 4.31 Å². The summed E-state index contributed by atoms with van der Waals surface area (Å²) < 4.78 is 27.4. The van der Waals surface area contributed by atoms with Crippen molar-refractivity contribution in [3.05, 3.63) is 58.6 Å². The van der Waals surface area contributed by atoms with E-state index in [2.05, 4.69) is 19.2 Å². The fourth-order valence-corrected chi connectivity index (χ4v) is 5.25. The van der Waals surface area contributed by atoms with Crippen LogP contribution < -0.4 is 5.32 Å². The van der Waals surface area contributed by atoms with Crippen molar-refractivity contribution in [2.24, 2.45) is 5.92 Å². The minimum atomic E-state index is -3.69. The van der Waals surface area contributed by atoms with Crippen LogP contribution in [0.25, 0.3) is 0 Å². The topological polar surface area (TPSA) is 66.5 Å². The third-order valence-corrected chi connectivity index (χ3v) is 7.65. The van der Waals surface area contributed by atoms with Gasteiger partial charge < -0.3 is 5.32 Å². The Labute approximate surface area is 178 Å². The number of sulfonamides is 1. The largest absolute Gasteiger partial charge is 0.326 e. The number of nitrogens with one attached hydrogen (secondary N) is 1. The van der Waals surface area contributed by atoms with E-state index >= 15 is 0 Å². The van der Waals surface area contributed by atoms with E-state index in [1.165, 1.54) is 15.9 Å². The summed E-state index contributed by atoms with van der Waals surface area (Å²) in [6.45, 7) is 6.63. The van der Waals surface area contributed by atoms with E-state index in [1.807, 2.05) is 31.2 Å². The molecule has 7 heteroatoms. The Morgan fingerprint density at radius 1 is 1.17 bits per heavy atom. The highest BCUT2D eigenvalue weighted by Gasteiger charge is 2.33. The monoisotopic (exact) mass is 434 g/mol. The molecule has 1 amide bonds. The maximum absolute atomic E-state index is 13.0. The molecule has 1 N–H and O–H groups in total. The minimum absolute atomic E-state index is 0.149. The molecule has 1 fully saturated rings. The molecule has 0 aromatic heterocycles. The Morgan fingerprint density at radius 2 is 1.86 bits per heavy atom. The molecular formula is C22H27ClN2O3S. The highest BCUT2D eigenvalue weighted by Crippen LogP contribution is 2.27. The maximum atomic E-state index is 13.0. The number of amides is 1. The predicted octanol–water partition coefficient (Wildman–Crippen LogP) is 4.81. The fraction of sp³-hybridized carbons (Fsp3) is 0.409. The number of nitrogens with zero attached hydrogens (tertiary/aromatic N) is 1. The van der Waals surface area contributed by atoms with Crippen LogP contribution in [-0.2, 0) is 14.8 Å². The Kier molecular flexibility index (Phi) is 6.66. The fourth-order valence-electron chi connectivity index (χ4n) is 3.45. The second-order valence-electron chi connectivity index (χ2n) is 7.88. The standard InChI is InChI=1S/C22H27ClN2O3S/c1-15(2)17-7-9-19(10-8-17)24-22(26)18-5-4-12-25(14-18)29(27,28)20-11-6-16(3)21(23)13-20/h6-11,13,15,18H,4-5,12,14H2,1-3H3,(H,24,26). The summed E-state index contributed by atoms with van der Waals surface area (Å²) in [5, 5.41) is 3.34. The van der Waals surface area contributed by atoms with Gasteiger partial charge >= 0.3 is 0 Å². The highest BCUT2D eigenvalue weighted by atomic mass is 35.5. The number of rotatable bonds is 5. The van der Waals surface area contributed by atoms with Crippen molar-refractivity contribution in [2.75, 3.05) is 18.4 Å². The third-order valence-electron chi connectivity index (χ3n) is 5.38. The van der Waals surface area contributed by atoms with Crippen LogP contribution in [0.3, 0.4) is 0 Å². The lowest BCUT2D eigenvalue weighted by molar-refractivity contribution is -0.120. The van der Waals surface area contributed by atoms with E-state index in [-0.39, 0.29) is 23.3 Å². The highest BCUT2D eigenvalue weighted by molar-refractivity contribution is 7.89. The number of aryl methyl sites for hydroxylation is 1. The van der Waals surface area contributed by atoms with Crippen LogP contribution in [0.5, 0.6) is 0 Å². The Bertz CT molecular complexity index is 988. The zero-order valence-electron chi connectivity index (χ0n) is 17.0. The van der Waals surface area contributed by atoms with Gasteiger partial charge in [-0.05, 0) is 61.1 Å². The summed E-state index contributed by atoms with van der Waals surface area (Å²) in [6, 6.07) is 12.5. The van der Waals surface area contributed by atoms with Gasteiger partial charge in [0.25, 0.3) is 0 Å². The summed E-state index contributed by atoms with van der Waals surface area (Å²) in [6.07, 6.45) is 1.31. The van der Waals surface area contributed by atoms with Crippen molar-refractivity contribution in [3.63, 3.8) is 0 Å². The van der Waals surface area contributed by atoms with E-state index in [9.17, 15) is 13.2 Å². The van der Waals surface area contributed by atoms with Crippen molar-refractivity contribution in [3.8, 4) is 0 Å². The van der Waals surface area contributed by atoms with E-state index < -0.39 is 10.0 Å². The molecule has 0 spiro atoms. The maximum Gasteiger partial charge on any atom is 0.243 e. The Morgan fingerprint density at radius 3 is 2.48 bits per heavy atom. The van der Waals surface area contributed by atoms with E-state index in [1.54, 1.807) is 12.1 Å². The second-order valence-corrected chi connectivity index (χ2v) is 10.2. The van der Waals surface area contributed by atoms with Gasteiger partial charge in [-0.1, -0.05) is 43.6 Å². The lowest BCUT2D eigenvalue weighted by Gasteiger charge is -2.31. The summed E-state index contributed by atoms with van der Waals surface area (Å²) in [5.74, 6) is -0.111. The first-order valence-electron chi connectivity index (χ1n) is 9.85. The van der Waals surface area contributed by atoms with Crippen molar-refractivity contribution in [1.82, 2.24) is 4.31 Å². The van der Waals surface area contributed by atoms with Gasteiger partial charge in [0.05, 0.1) is 10.8 Å². The van der Waals surface area contributed by atoms with Crippen molar-refractivity contribution in [1.29, 1.82) is 0 Å². The van der Waals surface area contributed by atoms with Crippen LogP contribution in [0, 0.1) is 12.8 Å². The quantitative estimate of drug-likeness (QED) is 0.734. The molecule has 0 aliphatic carbocycles. The SMILES string of the molecule is Cc1ccc(S(=O)(=O)N2CCCC(C(=O)Nc3ccc(C(C)C)cc3)C2)cc1Cl. The lowest BCUT2D eigenvalue weighted by Crippen LogP contribution is -2.43.